The molecule has 1 fully saturated rings. The molecular formula is C27H22Cl2FNO3. The minimum Gasteiger partial charge on any atom is -0.494 e. The number of ether oxygens (including phenoxy) is 2. The van der Waals surface area contributed by atoms with Crippen molar-refractivity contribution in [2.24, 2.45) is 0 Å². The van der Waals surface area contributed by atoms with E-state index < -0.39 is 28.0 Å². The lowest BCUT2D eigenvalue weighted by atomic mass is 9.95. The van der Waals surface area contributed by atoms with E-state index in [4.69, 9.17) is 32.7 Å². The number of esters is 1. The van der Waals surface area contributed by atoms with Gasteiger partial charge in [-0.1, -0.05) is 83.9 Å². The first-order valence-corrected chi connectivity index (χ1v) is 11.6. The number of nitriles is 1. The van der Waals surface area contributed by atoms with E-state index >= 15 is 4.39 Å². The SMILES string of the molecule is CCOc1ccc(C2(C(=O)OC(C#N)c3cccc(C(F)c4ccccc4)c3)CC2(Cl)Cl)cc1. The predicted molar refractivity (Wildman–Crippen MR) is 129 cm³/mol. The monoisotopic (exact) mass is 497 g/mol. The summed E-state index contributed by atoms with van der Waals surface area (Å²) in [6, 6.07) is 24.0. The fourth-order valence-electron chi connectivity index (χ4n) is 4.01. The van der Waals surface area contributed by atoms with Crippen molar-refractivity contribution in [1.82, 2.24) is 0 Å². The molecule has 4 nitrogen and oxygen atoms in total. The number of carbonyl (C=O) groups excluding carboxylic acids is 1. The maximum absolute atomic E-state index is 15.1. The summed E-state index contributed by atoms with van der Waals surface area (Å²) >= 11 is 12.8. The van der Waals surface area contributed by atoms with Gasteiger partial charge in [-0.3, -0.25) is 4.79 Å². The van der Waals surface area contributed by atoms with Crippen LogP contribution in [-0.2, 0) is 14.9 Å². The topological polar surface area (TPSA) is 59.3 Å². The van der Waals surface area contributed by atoms with Crippen LogP contribution in [0.1, 0.15) is 47.9 Å². The molecule has 0 saturated heterocycles. The molecule has 174 valence electrons. The normalized spacial score (nSPS) is 20.0. The van der Waals surface area contributed by atoms with Crippen LogP contribution in [-0.4, -0.2) is 16.9 Å². The van der Waals surface area contributed by atoms with Gasteiger partial charge in [-0.2, -0.15) is 5.26 Å². The molecule has 4 rings (SSSR count). The average Bonchev–Trinajstić information content (AvgIpc) is 3.46. The van der Waals surface area contributed by atoms with E-state index in [2.05, 4.69) is 0 Å². The van der Waals surface area contributed by atoms with Crippen LogP contribution in [0.3, 0.4) is 0 Å². The Kier molecular flexibility index (Phi) is 6.84. The molecule has 3 aromatic rings. The van der Waals surface area contributed by atoms with Gasteiger partial charge < -0.3 is 9.47 Å². The van der Waals surface area contributed by atoms with E-state index in [1.165, 1.54) is 6.07 Å². The van der Waals surface area contributed by atoms with Crippen LogP contribution in [0.5, 0.6) is 5.75 Å². The second-order valence-electron chi connectivity index (χ2n) is 8.10. The summed E-state index contributed by atoms with van der Waals surface area (Å²) in [5, 5.41) is 9.75. The second-order valence-corrected chi connectivity index (χ2v) is 9.59. The minimum atomic E-state index is -1.38. The Balaban J connectivity index is 1.57. The highest BCUT2D eigenvalue weighted by molar-refractivity contribution is 6.54. The van der Waals surface area contributed by atoms with Crippen molar-refractivity contribution in [2.45, 2.75) is 35.4 Å². The van der Waals surface area contributed by atoms with Gasteiger partial charge in [-0.25, -0.2) is 4.39 Å². The standard InChI is InChI=1S/C27H22Cl2FNO3/c1-2-33-22-13-11-21(12-14-22)26(17-27(26,28)29)25(32)34-23(16-31)19-9-6-10-20(15-19)24(30)18-7-4-3-5-8-18/h3-15,23-24H,2,17H2,1H3. The van der Waals surface area contributed by atoms with Gasteiger partial charge in [0, 0.05) is 12.0 Å². The second kappa shape index (κ2) is 9.66. The summed E-state index contributed by atoms with van der Waals surface area (Å²) < 4.78 is 24.7. The molecule has 0 amide bonds. The zero-order valence-electron chi connectivity index (χ0n) is 18.4. The summed E-state index contributed by atoms with van der Waals surface area (Å²) in [6.07, 6.45) is -2.48. The Morgan fingerprint density at radius 3 is 2.24 bits per heavy atom. The van der Waals surface area contributed by atoms with E-state index in [1.807, 2.05) is 19.1 Å². The lowest BCUT2D eigenvalue weighted by Crippen LogP contribution is -2.30. The van der Waals surface area contributed by atoms with Crippen LogP contribution < -0.4 is 4.74 Å². The van der Waals surface area contributed by atoms with Crippen LogP contribution in [0.25, 0.3) is 0 Å². The molecule has 0 heterocycles. The van der Waals surface area contributed by atoms with E-state index in [-0.39, 0.29) is 6.42 Å². The van der Waals surface area contributed by atoms with Gasteiger partial charge in [0.05, 0.1) is 6.61 Å². The zero-order valence-corrected chi connectivity index (χ0v) is 19.9. The Labute approximate surface area is 207 Å². The molecule has 3 atom stereocenters. The third-order valence-corrected chi connectivity index (χ3v) is 6.85. The van der Waals surface area contributed by atoms with Gasteiger partial charge in [-0.15, -0.1) is 0 Å². The molecule has 1 aliphatic carbocycles. The number of carbonyl (C=O) groups is 1. The Bertz CT molecular complexity index is 1210. The maximum atomic E-state index is 15.1. The molecule has 34 heavy (non-hydrogen) atoms. The van der Waals surface area contributed by atoms with Gasteiger partial charge in [-0.05, 0) is 41.8 Å². The highest BCUT2D eigenvalue weighted by Gasteiger charge is 2.73. The van der Waals surface area contributed by atoms with Crippen molar-refractivity contribution in [3.05, 3.63) is 101 Å². The lowest BCUT2D eigenvalue weighted by molar-refractivity contribution is -0.150. The summed E-state index contributed by atoms with van der Waals surface area (Å²) in [4.78, 5) is 13.3. The highest BCUT2D eigenvalue weighted by atomic mass is 35.5. The summed E-state index contributed by atoms with van der Waals surface area (Å²) in [5.74, 6) is -0.0606. The van der Waals surface area contributed by atoms with Gasteiger partial charge in [0.25, 0.3) is 0 Å². The first kappa shape index (κ1) is 24.1. The first-order valence-electron chi connectivity index (χ1n) is 10.8. The first-order chi connectivity index (χ1) is 16.3. The molecule has 3 unspecified atom stereocenters. The Hall–Kier alpha value is -3.07. The molecule has 0 bridgehead atoms. The van der Waals surface area contributed by atoms with Gasteiger partial charge in [0.1, 0.15) is 21.6 Å². The third-order valence-electron chi connectivity index (χ3n) is 5.93. The molecule has 3 aromatic carbocycles. The summed E-state index contributed by atoms with van der Waals surface area (Å²) in [6.45, 7) is 2.38. The molecule has 0 N–H and O–H groups in total. The van der Waals surface area contributed by atoms with Crippen molar-refractivity contribution in [1.29, 1.82) is 5.26 Å². The van der Waals surface area contributed by atoms with E-state index in [0.717, 1.165) is 0 Å². The van der Waals surface area contributed by atoms with Gasteiger partial charge in [0.2, 0.25) is 6.10 Å². The number of rotatable bonds is 8. The molecule has 1 aliphatic rings. The number of hydrogen-bond donors (Lipinski definition) is 0. The van der Waals surface area contributed by atoms with Crippen molar-refractivity contribution in [3.8, 4) is 11.8 Å². The molecule has 0 aliphatic heterocycles. The lowest BCUT2D eigenvalue weighted by Gasteiger charge is -2.21. The fraction of sp³-hybridized carbons (Fsp3) is 0.259. The van der Waals surface area contributed by atoms with Crippen molar-refractivity contribution in [2.75, 3.05) is 6.61 Å². The number of benzene rings is 3. The minimum absolute atomic E-state index is 0.147. The fourth-order valence-corrected chi connectivity index (χ4v) is 4.79. The van der Waals surface area contributed by atoms with Crippen LogP contribution >= 0.6 is 23.2 Å². The average molecular weight is 498 g/mol. The van der Waals surface area contributed by atoms with Crippen molar-refractivity contribution >= 4 is 29.2 Å². The Morgan fingerprint density at radius 2 is 1.65 bits per heavy atom. The van der Waals surface area contributed by atoms with Crippen LogP contribution in [0, 0.1) is 11.3 Å². The van der Waals surface area contributed by atoms with Gasteiger partial charge in [0.15, 0.2) is 6.17 Å². The zero-order chi connectivity index (χ0) is 24.3. The number of halogens is 3. The quantitative estimate of drug-likeness (QED) is 0.254. The molecular weight excluding hydrogens is 476 g/mol. The Morgan fingerprint density at radius 1 is 1.03 bits per heavy atom. The van der Waals surface area contributed by atoms with E-state index in [0.29, 0.717) is 34.6 Å². The van der Waals surface area contributed by atoms with Crippen molar-refractivity contribution in [3.63, 3.8) is 0 Å². The smallest absolute Gasteiger partial charge is 0.321 e. The van der Waals surface area contributed by atoms with Crippen LogP contribution in [0.4, 0.5) is 4.39 Å². The third kappa shape index (κ3) is 4.49. The largest absolute Gasteiger partial charge is 0.494 e. The molecule has 0 spiro atoms. The van der Waals surface area contributed by atoms with E-state index in [1.54, 1.807) is 66.7 Å². The highest BCUT2D eigenvalue weighted by Crippen LogP contribution is 2.65. The molecule has 7 heteroatoms. The summed E-state index contributed by atoms with van der Waals surface area (Å²) in [7, 11) is 0. The summed E-state index contributed by atoms with van der Waals surface area (Å²) in [5.41, 5.74) is 0.483. The van der Waals surface area contributed by atoms with Crippen LogP contribution in [0.15, 0.2) is 78.9 Å². The van der Waals surface area contributed by atoms with Gasteiger partial charge >= 0.3 is 5.97 Å². The molecule has 0 aromatic heterocycles. The number of hydrogen-bond acceptors (Lipinski definition) is 4. The maximum Gasteiger partial charge on any atom is 0.321 e. The molecule has 1 saturated carbocycles. The van der Waals surface area contributed by atoms with Crippen molar-refractivity contribution < 1.29 is 18.7 Å². The van der Waals surface area contributed by atoms with Crippen LogP contribution in [0.2, 0.25) is 0 Å². The van der Waals surface area contributed by atoms with E-state index in [9.17, 15) is 10.1 Å². The predicted octanol–water partition coefficient (Wildman–Crippen LogP) is 6.77. The number of nitrogens with zero attached hydrogens (tertiary/aromatic N) is 1. The number of alkyl halides is 3. The molecule has 0 radical (unpaired) electrons.